The van der Waals surface area contributed by atoms with Crippen molar-refractivity contribution in [2.45, 2.75) is 26.9 Å². The number of carbonyl (C=O) groups is 2. The Morgan fingerprint density at radius 2 is 1.73 bits per heavy atom. The molecule has 0 saturated carbocycles. The Bertz CT molecular complexity index is 536. The number of benzene rings is 1. The number of aliphatic hydroxyl groups is 1. The van der Waals surface area contributed by atoms with E-state index in [0.717, 1.165) is 0 Å². The Hall–Kier alpha value is -1.30. The molecule has 0 aromatic heterocycles. The zero-order chi connectivity index (χ0) is 16.9. The van der Waals surface area contributed by atoms with Gasteiger partial charge in [-0.3, -0.25) is 9.59 Å². The lowest BCUT2D eigenvalue weighted by atomic mass is 9.96. The van der Waals surface area contributed by atoms with Crippen LogP contribution in [0.1, 0.15) is 32.4 Å². The average Bonchev–Trinajstić information content (AvgIpc) is 2.41. The van der Waals surface area contributed by atoms with Crippen LogP contribution < -0.4 is 10.6 Å². The van der Waals surface area contributed by atoms with E-state index in [9.17, 15) is 14.7 Å². The molecule has 7 heteroatoms. The number of aliphatic hydroxyl groups excluding tert-OH is 1. The van der Waals surface area contributed by atoms with Gasteiger partial charge in [0.05, 0.1) is 12.6 Å². The largest absolute Gasteiger partial charge is 0.386 e. The monoisotopic (exact) mass is 346 g/mol. The van der Waals surface area contributed by atoms with Gasteiger partial charge in [0.15, 0.2) is 0 Å². The van der Waals surface area contributed by atoms with E-state index in [-0.39, 0.29) is 19.0 Å². The van der Waals surface area contributed by atoms with E-state index in [1.54, 1.807) is 39.0 Å². The lowest BCUT2D eigenvalue weighted by molar-refractivity contribution is -0.131. The normalized spacial score (nSPS) is 12.6. The van der Waals surface area contributed by atoms with Crippen LogP contribution in [-0.4, -0.2) is 30.0 Å². The number of carbonyl (C=O) groups excluding carboxylic acids is 2. The standard InChI is InChI=1S/C15H20Cl2N2O3/c1-15(2,3)14(22)19-8-12(21)18-7-11(20)13-9(16)5-4-6-10(13)17/h4-6,11,20H,7-8H2,1-3H3,(H,18,21)(H,19,22)/t11-/m1/s1. The predicted octanol–water partition coefficient (Wildman–Crippen LogP) is 2.31. The third-order valence-electron chi connectivity index (χ3n) is 2.92. The fourth-order valence-electron chi connectivity index (χ4n) is 1.63. The van der Waals surface area contributed by atoms with Crippen molar-refractivity contribution in [3.05, 3.63) is 33.8 Å². The lowest BCUT2D eigenvalue weighted by Gasteiger charge is -2.18. The Balaban J connectivity index is 2.49. The van der Waals surface area contributed by atoms with Crippen LogP contribution in [0.2, 0.25) is 10.0 Å². The first-order valence-corrected chi connectivity index (χ1v) is 7.55. The molecule has 2 amide bonds. The molecule has 0 aliphatic carbocycles. The van der Waals surface area contributed by atoms with Gasteiger partial charge in [-0.15, -0.1) is 0 Å². The van der Waals surface area contributed by atoms with Crippen LogP contribution >= 0.6 is 23.2 Å². The number of amides is 2. The van der Waals surface area contributed by atoms with Crippen LogP contribution in [-0.2, 0) is 9.59 Å². The van der Waals surface area contributed by atoms with Crippen LogP contribution in [0, 0.1) is 5.41 Å². The minimum absolute atomic E-state index is 0.0479. The number of rotatable bonds is 5. The molecule has 0 fully saturated rings. The second-order valence-corrected chi connectivity index (χ2v) is 6.70. The molecule has 0 saturated heterocycles. The average molecular weight is 347 g/mol. The Labute approximate surface area is 140 Å². The van der Waals surface area contributed by atoms with E-state index in [4.69, 9.17) is 23.2 Å². The van der Waals surface area contributed by atoms with E-state index in [0.29, 0.717) is 15.6 Å². The fraction of sp³-hybridized carbons (Fsp3) is 0.467. The highest BCUT2D eigenvalue weighted by Crippen LogP contribution is 2.29. The van der Waals surface area contributed by atoms with Crippen molar-refractivity contribution < 1.29 is 14.7 Å². The van der Waals surface area contributed by atoms with Gasteiger partial charge in [-0.1, -0.05) is 50.0 Å². The molecule has 122 valence electrons. The number of nitrogens with one attached hydrogen (secondary N) is 2. The van der Waals surface area contributed by atoms with Crippen LogP contribution in [0.4, 0.5) is 0 Å². The van der Waals surface area contributed by atoms with Gasteiger partial charge in [0.1, 0.15) is 0 Å². The van der Waals surface area contributed by atoms with Gasteiger partial charge in [0.25, 0.3) is 0 Å². The molecule has 22 heavy (non-hydrogen) atoms. The highest BCUT2D eigenvalue weighted by Gasteiger charge is 2.21. The summed E-state index contributed by atoms with van der Waals surface area (Å²) in [6.07, 6.45) is -1.02. The molecule has 1 aromatic rings. The maximum Gasteiger partial charge on any atom is 0.239 e. The second kappa shape index (κ2) is 7.81. The molecule has 5 nitrogen and oxygen atoms in total. The molecule has 0 aliphatic rings. The number of hydrogen-bond donors (Lipinski definition) is 3. The zero-order valence-electron chi connectivity index (χ0n) is 12.7. The number of halogens is 2. The first-order valence-electron chi connectivity index (χ1n) is 6.80. The number of hydrogen-bond acceptors (Lipinski definition) is 3. The maximum absolute atomic E-state index is 11.7. The fourth-order valence-corrected chi connectivity index (χ4v) is 2.28. The summed E-state index contributed by atoms with van der Waals surface area (Å²) >= 11 is 12.0. The lowest BCUT2D eigenvalue weighted by Crippen LogP contribution is -2.42. The molecule has 0 radical (unpaired) electrons. The van der Waals surface area contributed by atoms with Gasteiger partial charge in [-0.05, 0) is 12.1 Å². The van der Waals surface area contributed by atoms with Crippen molar-refractivity contribution in [2.75, 3.05) is 13.1 Å². The van der Waals surface area contributed by atoms with Crippen molar-refractivity contribution in [1.29, 1.82) is 0 Å². The van der Waals surface area contributed by atoms with Crippen LogP contribution in [0.25, 0.3) is 0 Å². The van der Waals surface area contributed by atoms with Gasteiger partial charge in [-0.25, -0.2) is 0 Å². The van der Waals surface area contributed by atoms with Crippen molar-refractivity contribution >= 4 is 35.0 Å². The molecule has 0 heterocycles. The van der Waals surface area contributed by atoms with Crippen molar-refractivity contribution in [3.8, 4) is 0 Å². The van der Waals surface area contributed by atoms with Crippen molar-refractivity contribution in [1.82, 2.24) is 10.6 Å². The van der Waals surface area contributed by atoms with Gasteiger partial charge in [0.2, 0.25) is 11.8 Å². The molecular weight excluding hydrogens is 327 g/mol. The van der Waals surface area contributed by atoms with Gasteiger partial charge in [-0.2, -0.15) is 0 Å². The second-order valence-electron chi connectivity index (χ2n) is 5.89. The van der Waals surface area contributed by atoms with Crippen molar-refractivity contribution in [3.63, 3.8) is 0 Å². The van der Waals surface area contributed by atoms with Crippen LogP contribution in [0.15, 0.2) is 18.2 Å². The molecule has 0 aliphatic heterocycles. The summed E-state index contributed by atoms with van der Waals surface area (Å²) in [5.74, 6) is -0.628. The van der Waals surface area contributed by atoms with Crippen LogP contribution in [0.5, 0.6) is 0 Å². The quantitative estimate of drug-likeness (QED) is 0.765. The summed E-state index contributed by atoms with van der Waals surface area (Å²) in [5.41, 5.74) is -0.199. The highest BCUT2D eigenvalue weighted by atomic mass is 35.5. The SMILES string of the molecule is CC(C)(C)C(=O)NCC(=O)NC[C@@H](O)c1c(Cl)cccc1Cl. The molecular formula is C15H20Cl2N2O3. The summed E-state index contributed by atoms with van der Waals surface area (Å²) in [6, 6.07) is 4.89. The maximum atomic E-state index is 11.7. The molecule has 1 atom stereocenters. The summed E-state index contributed by atoms with van der Waals surface area (Å²) in [4.78, 5) is 23.3. The molecule has 0 bridgehead atoms. The van der Waals surface area contributed by atoms with E-state index < -0.39 is 17.4 Å². The Morgan fingerprint density at radius 1 is 1.18 bits per heavy atom. The minimum atomic E-state index is -1.02. The first kappa shape index (κ1) is 18.7. The van der Waals surface area contributed by atoms with Gasteiger partial charge in [0, 0.05) is 27.6 Å². The summed E-state index contributed by atoms with van der Waals surface area (Å²) in [7, 11) is 0. The first-order chi connectivity index (χ1) is 10.1. The van der Waals surface area contributed by atoms with E-state index in [2.05, 4.69) is 10.6 Å². The topological polar surface area (TPSA) is 78.4 Å². The Morgan fingerprint density at radius 3 is 2.23 bits per heavy atom. The Kier molecular flexibility index (Phi) is 6.66. The molecule has 1 aromatic carbocycles. The van der Waals surface area contributed by atoms with Gasteiger partial charge < -0.3 is 15.7 Å². The van der Waals surface area contributed by atoms with Crippen molar-refractivity contribution in [2.24, 2.45) is 5.41 Å². The van der Waals surface area contributed by atoms with Crippen LogP contribution in [0.3, 0.4) is 0 Å². The summed E-state index contributed by atoms with van der Waals surface area (Å²) in [5, 5.41) is 15.8. The summed E-state index contributed by atoms with van der Waals surface area (Å²) < 4.78 is 0. The third kappa shape index (κ3) is 5.48. The van der Waals surface area contributed by atoms with Gasteiger partial charge >= 0.3 is 0 Å². The zero-order valence-corrected chi connectivity index (χ0v) is 14.3. The van der Waals surface area contributed by atoms with E-state index in [1.807, 2.05) is 0 Å². The molecule has 1 rings (SSSR count). The predicted molar refractivity (Wildman–Crippen MR) is 86.9 cm³/mol. The van der Waals surface area contributed by atoms with E-state index >= 15 is 0 Å². The highest BCUT2D eigenvalue weighted by molar-refractivity contribution is 6.36. The van der Waals surface area contributed by atoms with E-state index in [1.165, 1.54) is 0 Å². The molecule has 0 unspecified atom stereocenters. The molecule has 0 spiro atoms. The summed E-state index contributed by atoms with van der Waals surface area (Å²) in [6.45, 7) is 5.06. The molecule has 3 N–H and O–H groups in total. The third-order valence-corrected chi connectivity index (χ3v) is 3.58. The smallest absolute Gasteiger partial charge is 0.239 e. The minimum Gasteiger partial charge on any atom is -0.386 e.